The van der Waals surface area contributed by atoms with E-state index in [1.807, 2.05) is 6.20 Å². The summed E-state index contributed by atoms with van der Waals surface area (Å²) >= 11 is 0. The molecule has 9 rings (SSSR count). The SMILES string of the molecule is CC1(C)c2ccccc2-c2cc(N(c3ccc(-c4ccccc4)cc3)c3nccc4c3oc3c5ccccc5ccc43)ccc21. The van der Waals surface area contributed by atoms with E-state index in [1.165, 1.54) is 33.4 Å². The van der Waals surface area contributed by atoms with E-state index in [2.05, 4.69) is 158 Å². The van der Waals surface area contributed by atoms with Crippen LogP contribution in [-0.2, 0) is 5.41 Å². The largest absolute Gasteiger partial charge is 0.451 e. The van der Waals surface area contributed by atoms with Gasteiger partial charge in [0, 0.05) is 39.1 Å². The molecule has 0 unspecified atom stereocenters. The molecule has 1 aliphatic rings. The average Bonchev–Trinajstić information content (AvgIpc) is 3.59. The number of rotatable bonds is 4. The number of furan rings is 1. The Morgan fingerprint density at radius 2 is 1.22 bits per heavy atom. The summed E-state index contributed by atoms with van der Waals surface area (Å²) in [6.07, 6.45) is 1.90. The minimum absolute atomic E-state index is 0.0648. The summed E-state index contributed by atoms with van der Waals surface area (Å²) in [5.74, 6) is 0.769. The molecule has 0 spiro atoms. The fourth-order valence-electron chi connectivity index (χ4n) is 7.25. The number of aromatic nitrogens is 1. The molecule has 0 N–H and O–H groups in total. The second-order valence-electron chi connectivity index (χ2n) is 12.4. The van der Waals surface area contributed by atoms with E-state index in [1.54, 1.807) is 0 Å². The number of nitrogens with zero attached hydrogens (tertiary/aromatic N) is 2. The number of hydrogen-bond acceptors (Lipinski definition) is 3. The maximum atomic E-state index is 6.79. The molecular weight excluding hydrogens is 548 g/mol. The lowest BCUT2D eigenvalue weighted by Gasteiger charge is -2.26. The Bertz CT molecular complexity index is 2400. The van der Waals surface area contributed by atoms with Gasteiger partial charge in [-0.05, 0) is 75.2 Å². The molecule has 0 radical (unpaired) electrons. The van der Waals surface area contributed by atoms with Crippen LogP contribution in [0.4, 0.5) is 17.2 Å². The lowest BCUT2D eigenvalue weighted by atomic mass is 9.82. The zero-order valence-electron chi connectivity index (χ0n) is 25.2. The van der Waals surface area contributed by atoms with Crippen molar-refractivity contribution < 1.29 is 4.42 Å². The van der Waals surface area contributed by atoms with Gasteiger partial charge in [-0.1, -0.05) is 117 Å². The number of fused-ring (bicyclic) bond motifs is 8. The molecule has 0 atom stereocenters. The molecule has 0 aliphatic heterocycles. The zero-order valence-corrected chi connectivity index (χ0v) is 25.2. The van der Waals surface area contributed by atoms with Crippen molar-refractivity contribution in [3.8, 4) is 22.3 Å². The molecule has 2 heterocycles. The minimum atomic E-state index is -0.0648. The Labute approximate surface area is 262 Å². The highest BCUT2D eigenvalue weighted by Crippen LogP contribution is 2.51. The van der Waals surface area contributed by atoms with E-state index in [0.717, 1.165) is 49.9 Å². The summed E-state index contributed by atoms with van der Waals surface area (Å²) in [5, 5.41) is 4.41. The molecule has 0 bridgehead atoms. The van der Waals surface area contributed by atoms with Gasteiger partial charge in [-0.3, -0.25) is 4.90 Å². The highest BCUT2D eigenvalue weighted by Gasteiger charge is 2.35. The van der Waals surface area contributed by atoms with E-state index >= 15 is 0 Å². The summed E-state index contributed by atoms with van der Waals surface area (Å²) in [5.41, 5.74) is 11.3. The molecule has 214 valence electrons. The average molecular weight is 579 g/mol. The molecule has 0 saturated heterocycles. The molecule has 6 aromatic carbocycles. The maximum absolute atomic E-state index is 6.79. The summed E-state index contributed by atoms with van der Waals surface area (Å²) in [6.45, 7) is 4.64. The number of anilines is 3. The van der Waals surface area contributed by atoms with E-state index in [9.17, 15) is 0 Å². The van der Waals surface area contributed by atoms with Crippen LogP contribution < -0.4 is 4.90 Å². The highest BCUT2D eigenvalue weighted by molar-refractivity contribution is 6.17. The van der Waals surface area contributed by atoms with Gasteiger partial charge in [0.1, 0.15) is 5.58 Å². The fourth-order valence-corrected chi connectivity index (χ4v) is 7.25. The lowest BCUT2D eigenvalue weighted by molar-refractivity contribution is 0.660. The third-order valence-electron chi connectivity index (χ3n) is 9.53. The highest BCUT2D eigenvalue weighted by atomic mass is 16.3. The Morgan fingerprint density at radius 3 is 2.09 bits per heavy atom. The quantitative estimate of drug-likeness (QED) is 0.208. The van der Waals surface area contributed by atoms with E-state index < -0.39 is 0 Å². The predicted octanol–water partition coefficient (Wildman–Crippen LogP) is 11.6. The van der Waals surface area contributed by atoms with Crippen molar-refractivity contribution in [2.24, 2.45) is 0 Å². The van der Waals surface area contributed by atoms with Gasteiger partial charge < -0.3 is 4.42 Å². The van der Waals surface area contributed by atoms with Crippen molar-refractivity contribution in [2.45, 2.75) is 19.3 Å². The van der Waals surface area contributed by atoms with Crippen LogP contribution in [0.5, 0.6) is 0 Å². The number of benzene rings is 6. The fraction of sp³-hybridized carbons (Fsp3) is 0.0714. The molecule has 0 fully saturated rings. The standard InChI is InChI=1S/C42H30N2O/c1-42(2)37-15-9-8-14-33(37)36-26-31(21-23-38(36)42)44(30-19-16-28(17-20-30)27-10-4-3-5-11-27)41-40-35(24-25-43-41)34-22-18-29-12-6-7-13-32(29)39(34)45-40/h3-26H,1-2H3. The summed E-state index contributed by atoms with van der Waals surface area (Å²) in [7, 11) is 0. The van der Waals surface area contributed by atoms with Gasteiger partial charge in [-0.15, -0.1) is 0 Å². The van der Waals surface area contributed by atoms with Crippen LogP contribution in [0.3, 0.4) is 0 Å². The van der Waals surface area contributed by atoms with Gasteiger partial charge >= 0.3 is 0 Å². The Kier molecular flexibility index (Phi) is 5.54. The van der Waals surface area contributed by atoms with Gasteiger partial charge in [0.05, 0.1) is 0 Å². The van der Waals surface area contributed by atoms with Crippen LogP contribution in [0.15, 0.2) is 150 Å². The molecule has 3 heteroatoms. The van der Waals surface area contributed by atoms with Gasteiger partial charge in [-0.25, -0.2) is 4.98 Å². The van der Waals surface area contributed by atoms with Crippen LogP contribution in [-0.4, -0.2) is 4.98 Å². The van der Waals surface area contributed by atoms with Gasteiger partial charge in [0.25, 0.3) is 0 Å². The monoisotopic (exact) mass is 578 g/mol. The first-order valence-corrected chi connectivity index (χ1v) is 15.5. The molecule has 1 aliphatic carbocycles. The normalized spacial score (nSPS) is 13.3. The van der Waals surface area contributed by atoms with Crippen molar-refractivity contribution in [3.63, 3.8) is 0 Å². The Balaban J connectivity index is 1.29. The third-order valence-corrected chi connectivity index (χ3v) is 9.53. The Hall–Kier alpha value is -5.67. The maximum Gasteiger partial charge on any atom is 0.181 e. The number of hydrogen-bond donors (Lipinski definition) is 0. The minimum Gasteiger partial charge on any atom is -0.451 e. The van der Waals surface area contributed by atoms with Gasteiger partial charge in [0.2, 0.25) is 0 Å². The first-order chi connectivity index (χ1) is 22.1. The molecule has 8 aromatic rings. The third kappa shape index (κ3) is 3.87. The van der Waals surface area contributed by atoms with Crippen LogP contribution in [0.25, 0.3) is 55.0 Å². The molecule has 45 heavy (non-hydrogen) atoms. The van der Waals surface area contributed by atoms with Gasteiger partial charge in [-0.2, -0.15) is 0 Å². The second kappa shape index (κ2) is 9.67. The first kappa shape index (κ1) is 25.8. The van der Waals surface area contributed by atoms with Crippen molar-refractivity contribution in [2.75, 3.05) is 4.90 Å². The van der Waals surface area contributed by atoms with Crippen LogP contribution >= 0.6 is 0 Å². The van der Waals surface area contributed by atoms with E-state index in [0.29, 0.717) is 0 Å². The molecule has 3 nitrogen and oxygen atoms in total. The van der Waals surface area contributed by atoms with Crippen molar-refractivity contribution in [1.82, 2.24) is 4.98 Å². The van der Waals surface area contributed by atoms with Crippen molar-refractivity contribution in [1.29, 1.82) is 0 Å². The summed E-state index contributed by atoms with van der Waals surface area (Å²) < 4.78 is 6.79. The second-order valence-corrected chi connectivity index (χ2v) is 12.4. The predicted molar refractivity (Wildman–Crippen MR) is 187 cm³/mol. The zero-order chi connectivity index (χ0) is 30.1. The molecular formula is C42H30N2O. The summed E-state index contributed by atoms with van der Waals surface area (Å²) in [4.78, 5) is 7.26. The summed E-state index contributed by atoms with van der Waals surface area (Å²) in [6, 6.07) is 49.7. The van der Waals surface area contributed by atoms with E-state index in [4.69, 9.17) is 9.40 Å². The van der Waals surface area contributed by atoms with Crippen molar-refractivity contribution in [3.05, 3.63) is 157 Å². The molecule has 2 aromatic heterocycles. The van der Waals surface area contributed by atoms with Crippen LogP contribution in [0, 0.1) is 0 Å². The van der Waals surface area contributed by atoms with Crippen molar-refractivity contribution >= 4 is 49.9 Å². The van der Waals surface area contributed by atoms with E-state index in [-0.39, 0.29) is 5.41 Å². The molecule has 0 amide bonds. The van der Waals surface area contributed by atoms with Crippen LogP contribution in [0.1, 0.15) is 25.0 Å². The van der Waals surface area contributed by atoms with Gasteiger partial charge in [0.15, 0.2) is 11.4 Å². The lowest BCUT2D eigenvalue weighted by Crippen LogP contribution is -2.15. The smallest absolute Gasteiger partial charge is 0.181 e. The van der Waals surface area contributed by atoms with Crippen LogP contribution in [0.2, 0.25) is 0 Å². The molecule has 0 saturated carbocycles. The number of pyridine rings is 1. The first-order valence-electron chi connectivity index (χ1n) is 15.5. The Morgan fingerprint density at radius 1 is 0.533 bits per heavy atom. The topological polar surface area (TPSA) is 29.3 Å².